The molecule has 1 N–H and O–H groups in total. The SMILES string of the molecule is CCCNC(Cc1ccsc1)c1cccc(N(C)C)c1. The molecule has 3 heteroatoms. The molecule has 2 rings (SSSR count). The third-order valence-corrected chi connectivity index (χ3v) is 4.18. The highest BCUT2D eigenvalue weighted by Crippen LogP contribution is 2.23. The van der Waals surface area contributed by atoms with Crippen LogP contribution in [0.15, 0.2) is 41.1 Å². The number of hydrogen-bond donors (Lipinski definition) is 1. The molecular weight excluding hydrogens is 264 g/mol. The van der Waals surface area contributed by atoms with Crippen molar-refractivity contribution in [2.75, 3.05) is 25.5 Å². The van der Waals surface area contributed by atoms with E-state index in [4.69, 9.17) is 0 Å². The molecule has 0 radical (unpaired) electrons. The Balaban J connectivity index is 2.18. The fourth-order valence-electron chi connectivity index (χ4n) is 2.29. The van der Waals surface area contributed by atoms with E-state index in [0.29, 0.717) is 6.04 Å². The molecule has 0 aliphatic carbocycles. The molecule has 1 aromatic heterocycles. The number of nitrogens with zero attached hydrogens (tertiary/aromatic N) is 1. The second-order valence-electron chi connectivity index (χ2n) is 5.33. The lowest BCUT2D eigenvalue weighted by molar-refractivity contribution is 0.530. The molecule has 1 heterocycles. The summed E-state index contributed by atoms with van der Waals surface area (Å²) in [4.78, 5) is 2.16. The molecule has 1 atom stereocenters. The first-order valence-corrected chi connectivity index (χ1v) is 8.16. The van der Waals surface area contributed by atoms with Gasteiger partial charge in [0, 0.05) is 25.8 Å². The highest BCUT2D eigenvalue weighted by molar-refractivity contribution is 7.07. The van der Waals surface area contributed by atoms with Crippen LogP contribution in [0.2, 0.25) is 0 Å². The van der Waals surface area contributed by atoms with Gasteiger partial charge in [0.15, 0.2) is 0 Å². The summed E-state index contributed by atoms with van der Waals surface area (Å²) in [6.07, 6.45) is 2.22. The smallest absolute Gasteiger partial charge is 0.0364 e. The maximum Gasteiger partial charge on any atom is 0.0364 e. The van der Waals surface area contributed by atoms with Gasteiger partial charge in [0.1, 0.15) is 0 Å². The molecule has 0 bridgehead atoms. The minimum absolute atomic E-state index is 0.393. The predicted octanol–water partition coefficient (Wildman–Crippen LogP) is 4.10. The molecule has 0 saturated heterocycles. The zero-order valence-electron chi connectivity index (χ0n) is 12.6. The molecule has 0 saturated carbocycles. The summed E-state index contributed by atoms with van der Waals surface area (Å²) in [6, 6.07) is 11.4. The fraction of sp³-hybridized carbons (Fsp3) is 0.412. The summed E-state index contributed by atoms with van der Waals surface area (Å²) in [5, 5.41) is 8.08. The van der Waals surface area contributed by atoms with Gasteiger partial charge in [0.2, 0.25) is 0 Å². The standard InChI is InChI=1S/C17H24N2S/c1-4-9-18-17(11-14-8-10-20-13-14)15-6-5-7-16(12-15)19(2)3/h5-8,10,12-13,17-18H,4,9,11H2,1-3H3. The van der Waals surface area contributed by atoms with Crippen LogP contribution in [0.1, 0.15) is 30.5 Å². The Hall–Kier alpha value is -1.32. The number of anilines is 1. The van der Waals surface area contributed by atoms with Gasteiger partial charge in [-0.1, -0.05) is 19.1 Å². The monoisotopic (exact) mass is 288 g/mol. The van der Waals surface area contributed by atoms with Crippen LogP contribution in [0.5, 0.6) is 0 Å². The van der Waals surface area contributed by atoms with E-state index >= 15 is 0 Å². The highest BCUT2D eigenvalue weighted by atomic mass is 32.1. The van der Waals surface area contributed by atoms with Crippen LogP contribution >= 0.6 is 11.3 Å². The van der Waals surface area contributed by atoms with Crippen molar-refractivity contribution in [1.29, 1.82) is 0 Å². The Morgan fingerprint density at radius 3 is 2.75 bits per heavy atom. The maximum atomic E-state index is 3.68. The molecule has 0 aliphatic heterocycles. The van der Waals surface area contributed by atoms with E-state index in [1.165, 1.54) is 16.8 Å². The number of thiophene rings is 1. The number of benzene rings is 1. The average Bonchev–Trinajstić information content (AvgIpc) is 2.96. The van der Waals surface area contributed by atoms with Crippen molar-refractivity contribution in [1.82, 2.24) is 5.32 Å². The molecule has 20 heavy (non-hydrogen) atoms. The Labute approximate surface area is 126 Å². The summed E-state index contributed by atoms with van der Waals surface area (Å²) in [5.74, 6) is 0. The molecule has 1 unspecified atom stereocenters. The first-order chi connectivity index (χ1) is 9.70. The van der Waals surface area contributed by atoms with Gasteiger partial charge in [-0.2, -0.15) is 11.3 Å². The zero-order valence-corrected chi connectivity index (χ0v) is 13.4. The number of nitrogens with one attached hydrogen (secondary N) is 1. The summed E-state index contributed by atoms with van der Waals surface area (Å²) >= 11 is 1.77. The van der Waals surface area contributed by atoms with E-state index in [-0.39, 0.29) is 0 Å². The first kappa shape index (κ1) is 15.1. The van der Waals surface area contributed by atoms with Crippen molar-refractivity contribution in [3.05, 3.63) is 52.2 Å². The Bertz CT molecular complexity index is 505. The van der Waals surface area contributed by atoms with E-state index in [0.717, 1.165) is 19.4 Å². The molecule has 0 fully saturated rings. The third kappa shape index (κ3) is 4.09. The average molecular weight is 288 g/mol. The second-order valence-corrected chi connectivity index (χ2v) is 6.11. The molecule has 0 aliphatic rings. The van der Waals surface area contributed by atoms with Gasteiger partial charge in [0.05, 0.1) is 0 Å². The van der Waals surface area contributed by atoms with Crippen LogP contribution in [0, 0.1) is 0 Å². The Kier molecular flexibility index (Phi) is 5.62. The van der Waals surface area contributed by atoms with Crippen molar-refractivity contribution < 1.29 is 0 Å². The van der Waals surface area contributed by atoms with E-state index in [1.54, 1.807) is 11.3 Å². The first-order valence-electron chi connectivity index (χ1n) is 7.22. The van der Waals surface area contributed by atoms with E-state index in [2.05, 4.69) is 72.3 Å². The number of rotatable bonds is 7. The van der Waals surface area contributed by atoms with Crippen LogP contribution in [-0.4, -0.2) is 20.6 Å². The summed E-state index contributed by atoms with van der Waals surface area (Å²) in [7, 11) is 4.18. The van der Waals surface area contributed by atoms with Crippen LogP contribution in [0.25, 0.3) is 0 Å². The molecule has 2 aromatic rings. The zero-order chi connectivity index (χ0) is 14.4. The van der Waals surface area contributed by atoms with Gasteiger partial charge in [-0.25, -0.2) is 0 Å². The van der Waals surface area contributed by atoms with Crippen molar-refractivity contribution in [3.63, 3.8) is 0 Å². The lowest BCUT2D eigenvalue weighted by Crippen LogP contribution is -2.24. The quantitative estimate of drug-likeness (QED) is 0.825. The maximum absolute atomic E-state index is 3.68. The van der Waals surface area contributed by atoms with Crippen LogP contribution < -0.4 is 10.2 Å². The summed E-state index contributed by atoms with van der Waals surface area (Å²) in [6.45, 7) is 3.27. The van der Waals surface area contributed by atoms with Crippen LogP contribution in [-0.2, 0) is 6.42 Å². The molecule has 108 valence electrons. The Morgan fingerprint density at radius 1 is 1.25 bits per heavy atom. The third-order valence-electron chi connectivity index (χ3n) is 3.45. The second kappa shape index (κ2) is 7.46. The van der Waals surface area contributed by atoms with Gasteiger partial charge >= 0.3 is 0 Å². The largest absolute Gasteiger partial charge is 0.378 e. The van der Waals surface area contributed by atoms with Gasteiger partial charge in [-0.05, 0) is 59.5 Å². The topological polar surface area (TPSA) is 15.3 Å². The normalized spacial score (nSPS) is 12.3. The van der Waals surface area contributed by atoms with Crippen LogP contribution in [0.4, 0.5) is 5.69 Å². The van der Waals surface area contributed by atoms with Crippen molar-refractivity contribution in [2.24, 2.45) is 0 Å². The highest BCUT2D eigenvalue weighted by Gasteiger charge is 2.12. The molecule has 2 nitrogen and oxygen atoms in total. The van der Waals surface area contributed by atoms with Gasteiger partial charge < -0.3 is 10.2 Å². The van der Waals surface area contributed by atoms with Gasteiger partial charge in [-0.15, -0.1) is 0 Å². The van der Waals surface area contributed by atoms with Crippen molar-refractivity contribution >= 4 is 17.0 Å². The minimum atomic E-state index is 0.393. The summed E-state index contributed by atoms with van der Waals surface area (Å²) < 4.78 is 0. The molecule has 1 aromatic carbocycles. The molecule has 0 spiro atoms. The fourth-order valence-corrected chi connectivity index (χ4v) is 2.97. The lowest BCUT2D eigenvalue weighted by Gasteiger charge is -2.21. The lowest BCUT2D eigenvalue weighted by atomic mass is 9.99. The van der Waals surface area contributed by atoms with Crippen molar-refractivity contribution in [3.8, 4) is 0 Å². The van der Waals surface area contributed by atoms with Crippen molar-refractivity contribution in [2.45, 2.75) is 25.8 Å². The predicted molar refractivity (Wildman–Crippen MR) is 89.8 cm³/mol. The van der Waals surface area contributed by atoms with Crippen LogP contribution in [0.3, 0.4) is 0 Å². The van der Waals surface area contributed by atoms with Gasteiger partial charge in [-0.3, -0.25) is 0 Å². The molecule has 0 amide bonds. The van der Waals surface area contributed by atoms with E-state index in [1.807, 2.05) is 0 Å². The van der Waals surface area contributed by atoms with Gasteiger partial charge in [0.25, 0.3) is 0 Å². The summed E-state index contributed by atoms with van der Waals surface area (Å²) in [5.41, 5.74) is 4.05. The van der Waals surface area contributed by atoms with E-state index < -0.39 is 0 Å². The van der Waals surface area contributed by atoms with E-state index in [9.17, 15) is 0 Å². The molecular formula is C17H24N2S. The Morgan fingerprint density at radius 2 is 2.10 bits per heavy atom. The number of hydrogen-bond acceptors (Lipinski definition) is 3. The minimum Gasteiger partial charge on any atom is -0.378 e.